The number of anilines is 1. The Kier molecular flexibility index (Phi) is 6.69. The number of hydrogen-bond acceptors (Lipinski definition) is 5. The summed E-state index contributed by atoms with van der Waals surface area (Å²) >= 11 is 7.40. The molecule has 0 fully saturated rings. The van der Waals surface area contributed by atoms with Crippen molar-refractivity contribution >= 4 is 40.2 Å². The molecule has 1 amide bonds. The molecule has 2 aromatic rings. The number of carbonyl (C=O) groups is 1. The van der Waals surface area contributed by atoms with Crippen molar-refractivity contribution in [2.75, 3.05) is 18.4 Å². The quantitative estimate of drug-likeness (QED) is 0.422. The number of rotatable bonds is 8. The van der Waals surface area contributed by atoms with Crippen LogP contribution in [0.15, 0.2) is 43.0 Å². The van der Waals surface area contributed by atoms with Crippen molar-refractivity contribution in [3.05, 3.63) is 67.9 Å². The topological polar surface area (TPSA) is 75.5 Å². The van der Waals surface area contributed by atoms with Gasteiger partial charge in [-0.25, -0.2) is 0 Å². The number of thiophene rings is 1. The summed E-state index contributed by atoms with van der Waals surface area (Å²) in [6.45, 7) is 6.62. The number of aryl methyl sites for hydroxylation is 1. The van der Waals surface area contributed by atoms with Crippen molar-refractivity contribution < 1.29 is 9.72 Å². The summed E-state index contributed by atoms with van der Waals surface area (Å²) in [6, 6.07) is 8.37. The summed E-state index contributed by atoms with van der Waals surface area (Å²) in [5.74, 6) is -0.248. The Morgan fingerprint density at radius 3 is 2.80 bits per heavy atom. The van der Waals surface area contributed by atoms with Crippen LogP contribution in [0.4, 0.5) is 11.4 Å². The number of carbonyl (C=O) groups excluding carboxylic acids is 1. The Bertz CT molecular complexity index is 791. The van der Waals surface area contributed by atoms with E-state index in [1.807, 2.05) is 17.0 Å². The molecule has 0 bridgehead atoms. The minimum atomic E-state index is -0.463. The van der Waals surface area contributed by atoms with Crippen LogP contribution in [-0.2, 0) is 11.3 Å². The lowest BCUT2D eigenvalue weighted by Gasteiger charge is -2.19. The number of halogens is 1. The van der Waals surface area contributed by atoms with Gasteiger partial charge in [-0.05, 0) is 25.1 Å². The van der Waals surface area contributed by atoms with E-state index < -0.39 is 4.92 Å². The molecule has 0 aliphatic carbocycles. The summed E-state index contributed by atoms with van der Waals surface area (Å²) in [6.07, 6.45) is 1.72. The fourth-order valence-corrected chi connectivity index (χ4v) is 3.44. The van der Waals surface area contributed by atoms with Gasteiger partial charge in [0.25, 0.3) is 5.69 Å². The standard InChI is InChI=1S/C17H18ClN3O3S/c1-3-8-20(10-14-6-7-16(18)25-14)11-17(22)19-13-5-4-12(2)15(9-13)21(23)24/h3-7,9H,1,8,10-11H2,2H3,(H,19,22). The van der Waals surface area contributed by atoms with Crippen LogP contribution in [0, 0.1) is 17.0 Å². The molecule has 0 unspecified atom stereocenters. The molecule has 0 saturated carbocycles. The molecular weight excluding hydrogens is 362 g/mol. The third kappa shape index (κ3) is 5.67. The van der Waals surface area contributed by atoms with E-state index in [0.717, 1.165) is 4.88 Å². The number of hydrogen-bond donors (Lipinski definition) is 1. The van der Waals surface area contributed by atoms with Crippen LogP contribution < -0.4 is 5.32 Å². The first-order chi connectivity index (χ1) is 11.9. The Morgan fingerprint density at radius 1 is 1.44 bits per heavy atom. The van der Waals surface area contributed by atoms with Gasteiger partial charge in [0, 0.05) is 35.3 Å². The van der Waals surface area contributed by atoms with E-state index in [0.29, 0.717) is 28.7 Å². The highest BCUT2D eigenvalue weighted by Gasteiger charge is 2.15. The van der Waals surface area contributed by atoms with Crippen molar-refractivity contribution in [1.82, 2.24) is 4.90 Å². The Hall–Kier alpha value is -2.22. The zero-order chi connectivity index (χ0) is 18.4. The summed E-state index contributed by atoms with van der Waals surface area (Å²) in [5.41, 5.74) is 0.930. The van der Waals surface area contributed by atoms with Crippen LogP contribution in [0.25, 0.3) is 0 Å². The highest BCUT2D eigenvalue weighted by Crippen LogP contribution is 2.23. The first-order valence-electron chi connectivity index (χ1n) is 7.51. The van der Waals surface area contributed by atoms with Crippen molar-refractivity contribution in [3.8, 4) is 0 Å². The predicted octanol–water partition coefficient (Wildman–Crippen LogP) is 4.24. The SMILES string of the molecule is C=CCN(CC(=O)Nc1ccc(C)c([N+](=O)[O-])c1)Cc1ccc(Cl)s1. The van der Waals surface area contributed by atoms with Gasteiger partial charge in [0.1, 0.15) is 0 Å². The predicted molar refractivity (Wildman–Crippen MR) is 101 cm³/mol. The van der Waals surface area contributed by atoms with Gasteiger partial charge < -0.3 is 5.32 Å². The molecule has 2 rings (SSSR count). The number of nitro benzene ring substituents is 1. The van der Waals surface area contributed by atoms with Crippen LogP contribution in [0.1, 0.15) is 10.4 Å². The van der Waals surface area contributed by atoms with Gasteiger partial charge in [0.05, 0.1) is 15.8 Å². The molecule has 1 aromatic heterocycles. The van der Waals surface area contributed by atoms with Gasteiger partial charge in [-0.3, -0.25) is 19.8 Å². The Morgan fingerprint density at radius 2 is 2.20 bits per heavy atom. The second-order valence-corrected chi connectivity index (χ2v) is 7.27. The lowest BCUT2D eigenvalue weighted by molar-refractivity contribution is -0.385. The van der Waals surface area contributed by atoms with Crippen LogP contribution in [0.5, 0.6) is 0 Å². The van der Waals surface area contributed by atoms with Gasteiger partial charge in [-0.1, -0.05) is 23.7 Å². The van der Waals surface area contributed by atoms with Crippen molar-refractivity contribution in [2.45, 2.75) is 13.5 Å². The van der Waals surface area contributed by atoms with Gasteiger partial charge >= 0.3 is 0 Å². The van der Waals surface area contributed by atoms with Gasteiger partial charge in [0.2, 0.25) is 5.91 Å². The van der Waals surface area contributed by atoms with Crippen molar-refractivity contribution in [2.24, 2.45) is 0 Å². The maximum atomic E-state index is 12.3. The third-order valence-electron chi connectivity index (χ3n) is 3.45. The molecular formula is C17H18ClN3O3S. The second-order valence-electron chi connectivity index (χ2n) is 5.47. The summed E-state index contributed by atoms with van der Waals surface area (Å²) < 4.78 is 0.699. The fourth-order valence-electron chi connectivity index (χ4n) is 2.31. The van der Waals surface area contributed by atoms with Gasteiger partial charge in [0.15, 0.2) is 0 Å². The highest BCUT2D eigenvalue weighted by molar-refractivity contribution is 7.16. The molecule has 0 radical (unpaired) electrons. The zero-order valence-corrected chi connectivity index (χ0v) is 15.3. The summed E-state index contributed by atoms with van der Waals surface area (Å²) in [4.78, 5) is 25.8. The van der Waals surface area contributed by atoms with E-state index in [1.165, 1.54) is 17.4 Å². The minimum absolute atomic E-state index is 0.0195. The van der Waals surface area contributed by atoms with Crippen molar-refractivity contribution in [3.63, 3.8) is 0 Å². The lowest BCUT2D eigenvalue weighted by atomic mass is 10.2. The molecule has 25 heavy (non-hydrogen) atoms. The van der Waals surface area contributed by atoms with E-state index in [4.69, 9.17) is 11.6 Å². The van der Waals surface area contributed by atoms with Crippen LogP contribution >= 0.6 is 22.9 Å². The Labute approximate surface area is 154 Å². The average Bonchev–Trinajstić information content (AvgIpc) is 2.94. The molecule has 1 heterocycles. The second kappa shape index (κ2) is 8.75. The fraction of sp³-hybridized carbons (Fsp3) is 0.235. The highest BCUT2D eigenvalue weighted by atomic mass is 35.5. The molecule has 0 spiro atoms. The summed E-state index contributed by atoms with van der Waals surface area (Å²) in [5, 5.41) is 13.7. The largest absolute Gasteiger partial charge is 0.325 e. The first kappa shape index (κ1) is 19.1. The van der Waals surface area contributed by atoms with Crippen molar-refractivity contribution in [1.29, 1.82) is 0 Å². The number of benzene rings is 1. The zero-order valence-electron chi connectivity index (χ0n) is 13.7. The van der Waals surface area contributed by atoms with E-state index >= 15 is 0 Å². The maximum absolute atomic E-state index is 12.3. The lowest BCUT2D eigenvalue weighted by Crippen LogP contribution is -2.32. The maximum Gasteiger partial charge on any atom is 0.274 e. The van der Waals surface area contributed by atoms with E-state index in [1.54, 1.807) is 25.1 Å². The Balaban J connectivity index is 2.02. The van der Waals surface area contributed by atoms with E-state index in [9.17, 15) is 14.9 Å². The van der Waals surface area contributed by atoms with Crippen LogP contribution in [-0.4, -0.2) is 28.8 Å². The molecule has 132 valence electrons. The monoisotopic (exact) mass is 379 g/mol. The third-order valence-corrected chi connectivity index (χ3v) is 4.67. The van der Waals surface area contributed by atoms with E-state index in [2.05, 4.69) is 11.9 Å². The molecule has 0 aliphatic rings. The molecule has 0 saturated heterocycles. The average molecular weight is 380 g/mol. The molecule has 0 atom stereocenters. The number of amides is 1. The van der Waals surface area contributed by atoms with Crippen LogP contribution in [0.2, 0.25) is 4.34 Å². The van der Waals surface area contributed by atoms with Crippen LogP contribution in [0.3, 0.4) is 0 Å². The first-order valence-corrected chi connectivity index (χ1v) is 8.71. The molecule has 6 nitrogen and oxygen atoms in total. The van der Waals surface area contributed by atoms with Gasteiger partial charge in [-0.15, -0.1) is 17.9 Å². The number of nitro groups is 1. The molecule has 1 N–H and O–H groups in total. The minimum Gasteiger partial charge on any atom is -0.325 e. The number of nitrogens with zero attached hydrogens (tertiary/aromatic N) is 2. The van der Waals surface area contributed by atoms with Gasteiger partial charge in [-0.2, -0.15) is 0 Å². The molecule has 8 heteroatoms. The number of nitrogens with one attached hydrogen (secondary N) is 1. The molecule has 1 aromatic carbocycles. The van der Waals surface area contributed by atoms with E-state index in [-0.39, 0.29) is 18.1 Å². The summed E-state index contributed by atoms with van der Waals surface area (Å²) in [7, 11) is 0. The molecule has 0 aliphatic heterocycles. The smallest absolute Gasteiger partial charge is 0.274 e. The normalized spacial score (nSPS) is 10.7.